The van der Waals surface area contributed by atoms with E-state index in [-0.39, 0.29) is 25.0 Å². The number of carboxylic acid groups (broad SMARTS) is 1. The second kappa shape index (κ2) is 11.1. The van der Waals surface area contributed by atoms with E-state index in [1.54, 1.807) is 13.8 Å². The number of benzene rings is 2. The zero-order chi connectivity index (χ0) is 24.8. The van der Waals surface area contributed by atoms with E-state index in [0.29, 0.717) is 0 Å². The third-order valence-corrected chi connectivity index (χ3v) is 6.00. The Kier molecular flexibility index (Phi) is 8.20. The number of halogens is 2. The van der Waals surface area contributed by atoms with Crippen molar-refractivity contribution in [2.75, 3.05) is 13.2 Å². The molecule has 0 fully saturated rings. The van der Waals surface area contributed by atoms with Gasteiger partial charge in [-0.2, -0.15) is 0 Å². The van der Waals surface area contributed by atoms with Gasteiger partial charge in [0.2, 0.25) is 5.91 Å². The van der Waals surface area contributed by atoms with Gasteiger partial charge in [0.05, 0.1) is 12.3 Å². The van der Waals surface area contributed by atoms with Crippen LogP contribution >= 0.6 is 0 Å². The molecular weight excluding hydrogens is 446 g/mol. The summed E-state index contributed by atoms with van der Waals surface area (Å²) in [7, 11) is 0. The lowest BCUT2D eigenvalue weighted by molar-refractivity contribution is -0.143. The van der Waals surface area contributed by atoms with Gasteiger partial charge in [0.25, 0.3) is 6.43 Å². The molecule has 0 bridgehead atoms. The maximum absolute atomic E-state index is 13.5. The molecule has 0 saturated heterocycles. The lowest BCUT2D eigenvalue weighted by Crippen LogP contribution is -2.45. The van der Waals surface area contributed by atoms with E-state index in [1.165, 1.54) is 0 Å². The molecule has 0 radical (unpaired) electrons. The highest BCUT2D eigenvalue weighted by molar-refractivity contribution is 5.80. The summed E-state index contributed by atoms with van der Waals surface area (Å²) < 4.78 is 32.2. The fourth-order valence-corrected chi connectivity index (χ4v) is 4.10. The number of amides is 2. The highest BCUT2D eigenvalue weighted by atomic mass is 19.3. The third-order valence-electron chi connectivity index (χ3n) is 6.00. The minimum absolute atomic E-state index is 0.0449. The smallest absolute Gasteiger partial charge is 0.407 e. The van der Waals surface area contributed by atoms with Crippen molar-refractivity contribution in [2.45, 2.75) is 38.7 Å². The molecule has 9 heteroatoms. The van der Waals surface area contributed by atoms with Crippen molar-refractivity contribution in [1.29, 1.82) is 0 Å². The Morgan fingerprint density at radius 1 is 1.00 bits per heavy atom. The zero-order valence-corrected chi connectivity index (χ0v) is 19.0. The number of aliphatic carboxylic acids is 1. The van der Waals surface area contributed by atoms with Gasteiger partial charge in [-0.3, -0.25) is 9.59 Å². The highest BCUT2D eigenvalue weighted by Crippen LogP contribution is 2.44. The van der Waals surface area contributed by atoms with Gasteiger partial charge >= 0.3 is 12.1 Å². The predicted octanol–water partition coefficient (Wildman–Crippen LogP) is 4.02. The van der Waals surface area contributed by atoms with E-state index in [2.05, 4.69) is 10.6 Å². The topological polar surface area (TPSA) is 105 Å². The summed E-state index contributed by atoms with van der Waals surface area (Å²) in [5.41, 5.74) is 4.05. The zero-order valence-electron chi connectivity index (χ0n) is 19.0. The number of carbonyl (C=O) groups is 3. The van der Waals surface area contributed by atoms with E-state index in [9.17, 15) is 28.3 Å². The first-order valence-electron chi connectivity index (χ1n) is 11.1. The Bertz CT molecular complexity index is 998. The molecule has 3 rings (SSSR count). The number of ether oxygens (including phenoxy) is 1. The van der Waals surface area contributed by atoms with Gasteiger partial charge in [0, 0.05) is 12.5 Å². The molecule has 2 amide bonds. The molecule has 2 aromatic carbocycles. The minimum Gasteiger partial charge on any atom is -0.481 e. The van der Waals surface area contributed by atoms with Crippen LogP contribution in [0.4, 0.5) is 13.6 Å². The van der Waals surface area contributed by atoms with Crippen LogP contribution in [0.15, 0.2) is 48.5 Å². The molecule has 2 atom stereocenters. The number of alkyl carbamates (subject to hydrolysis) is 1. The average Bonchev–Trinajstić information content (AvgIpc) is 3.10. The second-order valence-corrected chi connectivity index (χ2v) is 8.61. The first-order chi connectivity index (χ1) is 16.2. The van der Waals surface area contributed by atoms with Crippen molar-refractivity contribution in [1.82, 2.24) is 10.6 Å². The van der Waals surface area contributed by atoms with Crippen molar-refractivity contribution in [3.63, 3.8) is 0 Å². The summed E-state index contributed by atoms with van der Waals surface area (Å²) in [4.78, 5) is 35.6. The molecule has 34 heavy (non-hydrogen) atoms. The van der Waals surface area contributed by atoms with Crippen LogP contribution in [0.25, 0.3) is 11.1 Å². The standard InChI is InChI=1S/C25H28F2N2O5/c1-14(2)19(24(31)32)12-28-22(30)11-21(23(26)27)29-25(33)34-13-20-17-9-5-3-7-15(17)16-8-4-6-10-18(16)20/h3-10,14,19-21,23H,11-13H2,1-2H3,(H,28,30)(H,29,33)(H,31,32). The molecule has 0 spiro atoms. The molecule has 182 valence electrons. The highest BCUT2D eigenvalue weighted by Gasteiger charge is 2.31. The molecule has 0 aromatic heterocycles. The first kappa shape index (κ1) is 25.1. The van der Waals surface area contributed by atoms with Gasteiger partial charge in [-0.25, -0.2) is 13.6 Å². The molecular formula is C25H28F2N2O5. The molecule has 3 N–H and O–H groups in total. The normalized spacial score (nSPS) is 14.3. The number of fused-ring (bicyclic) bond motifs is 3. The summed E-state index contributed by atoms with van der Waals surface area (Å²) >= 11 is 0. The Morgan fingerprint density at radius 2 is 1.56 bits per heavy atom. The third kappa shape index (κ3) is 5.89. The van der Waals surface area contributed by atoms with Crippen molar-refractivity contribution < 1.29 is 33.0 Å². The quantitative estimate of drug-likeness (QED) is 0.483. The lowest BCUT2D eigenvalue weighted by Gasteiger charge is -2.20. The van der Waals surface area contributed by atoms with Crippen molar-refractivity contribution in [2.24, 2.45) is 11.8 Å². The summed E-state index contributed by atoms with van der Waals surface area (Å²) in [5, 5.41) is 13.6. The Labute approximate surface area is 196 Å². The van der Waals surface area contributed by atoms with Crippen LogP contribution in [0.1, 0.15) is 37.3 Å². The summed E-state index contributed by atoms with van der Waals surface area (Å²) in [6.45, 7) is 3.14. The van der Waals surface area contributed by atoms with Gasteiger partial charge in [0.15, 0.2) is 0 Å². The van der Waals surface area contributed by atoms with Crippen molar-refractivity contribution in [3.8, 4) is 11.1 Å². The Morgan fingerprint density at radius 3 is 2.06 bits per heavy atom. The predicted molar refractivity (Wildman–Crippen MR) is 122 cm³/mol. The van der Waals surface area contributed by atoms with E-state index in [4.69, 9.17) is 4.74 Å². The molecule has 0 aliphatic heterocycles. The van der Waals surface area contributed by atoms with E-state index < -0.39 is 42.8 Å². The second-order valence-electron chi connectivity index (χ2n) is 8.61. The van der Waals surface area contributed by atoms with E-state index in [0.717, 1.165) is 22.3 Å². The first-order valence-corrected chi connectivity index (χ1v) is 11.1. The molecule has 0 heterocycles. The molecule has 2 unspecified atom stereocenters. The average molecular weight is 475 g/mol. The van der Waals surface area contributed by atoms with Gasteiger partial charge in [-0.05, 0) is 28.2 Å². The maximum atomic E-state index is 13.5. The van der Waals surface area contributed by atoms with Crippen molar-refractivity contribution >= 4 is 18.0 Å². The fraction of sp³-hybridized carbons (Fsp3) is 0.400. The van der Waals surface area contributed by atoms with Crippen LogP contribution in [-0.2, 0) is 14.3 Å². The molecule has 1 aliphatic rings. The van der Waals surface area contributed by atoms with Crippen LogP contribution < -0.4 is 10.6 Å². The minimum atomic E-state index is -3.01. The molecule has 2 aromatic rings. The molecule has 7 nitrogen and oxygen atoms in total. The van der Waals surface area contributed by atoms with Crippen LogP contribution in [0.5, 0.6) is 0 Å². The maximum Gasteiger partial charge on any atom is 0.407 e. The summed E-state index contributed by atoms with van der Waals surface area (Å²) in [5.74, 6) is -3.18. The summed E-state index contributed by atoms with van der Waals surface area (Å²) in [6.07, 6.45) is -4.76. The van der Waals surface area contributed by atoms with Gasteiger partial charge < -0.3 is 20.5 Å². The SMILES string of the molecule is CC(C)C(CNC(=O)CC(NC(=O)OCC1c2ccccc2-c2ccccc21)C(F)F)C(=O)O. The molecule has 0 saturated carbocycles. The van der Waals surface area contributed by atoms with E-state index in [1.807, 2.05) is 48.5 Å². The number of nitrogens with one attached hydrogen (secondary N) is 2. The Balaban J connectivity index is 1.56. The number of carbonyl (C=O) groups excluding carboxylic acids is 2. The van der Waals surface area contributed by atoms with Crippen LogP contribution in [0, 0.1) is 11.8 Å². The van der Waals surface area contributed by atoms with Crippen LogP contribution in [-0.4, -0.2) is 48.7 Å². The number of hydrogen-bond donors (Lipinski definition) is 3. The molecule has 1 aliphatic carbocycles. The largest absolute Gasteiger partial charge is 0.481 e. The lowest BCUT2D eigenvalue weighted by atomic mass is 9.96. The number of rotatable bonds is 10. The van der Waals surface area contributed by atoms with Gasteiger partial charge in [0.1, 0.15) is 12.6 Å². The van der Waals surface area contributed by atoms with Gasteiger partial charge in [-0.1, -0.05) is 62.4 Å². The van der Waals surface area contributed by atoms with Gasteiger partial charge in [-0.15, -0.1) is 0 Å². The van der Waals surface area contributed by atoms with E-state index >= 15 is 0 Å². The van der Waals surface area contributed by atoms with Crippen LogP contribution in [0.3, 0.4) is 0 Å². The number of alkyl halides is 2. The Hall–Kier alpha value is -3.49. The monoisotopic (exact) mass is 474 g/mol. The number of hydrogen-bond acceptors (Lipinski definition) is 4. The summed E-state index contributed by atoms with van der Waals surface area (Å²) in [6, 6.07) is 13.7. The fourth-order valence-electron chi connectivity index (χ4n) is 4.10. The number of carboxylic acids is 1. The van der Waals surface area contributed by atoms with Crippen molar-refractivity contribution in [3.05, 3.63) is 59.7 Å². The van der Waals surface area contributed by atoms with Crippen LogP contribution in [0.2, 0.25) is 0 Å².